The summed E-state index contributed by atoms with van der Waals surface area (Å²) in [5, 5.41) is 10.6. The van der Waals surface area contributed by atoms with E-state index in [1.54, 1.807) is 0 Å². The molecule has 0 saturated carbocycles. The number of hydrogen-bond donors (Lipinski definition) is 1. The molecule has 1 N–H and O–H groups in total. The number of benzene rings is 1. The number of sulfone groups is 1. The van der Waals surface area contributed by atoms with Crippen LogP contribution in [-0.2, 0) is 9.84 Å². The molecule has 2 atom stereocenters. The highest BCUT2D eigenvalue weighted by Gasteiger charge is 2.44. The minimum Gasteiger partial charge on any atom is -0.385 e. The van der Waals surface area contributed by atoms with Gasteiger partial charge in [-0.25, -0.2) is 8.42 Å². The summed E-state index contributed by atoms with van der Waals surface area (Å²) in [5.74, 6) is 0. The zero-order chi connectivity index (χ0) is 13.4. The summed E-state index contributed by atoms with van der Waals surface area (Å²) in [7, 11) is -3.67. The van der Waals surface area contributed by atoms with E-state index in [4.69, 9.17) is 34.8 Å². The van der Waals surface area contributed by atoms with Crippen LogP contribution < -0.4 is 0 Å². The zero-order valence-electron chi connectivity index (χ0n) is 8.49. The van der Waals surface area contributed by atoms with Crippen LogP contribution in [0.3, 0.4) is 0 Å². The molecule has 8 heteroatoms. The van der Waals surface area contributed by atoms with Crippen LogP contribution in [0.1, 0.15) is 11.7 Å². The van der Waals surface area contributed by atoms with Gasteiger partial charge in [-0.3, -0.25) is 0 Å². The van der Waals surface area contributed by atoms with Gasteiger partial charge < -0.3 is 5.11 Å². The SMILES string of the molecule is CS(=O)(=O)C(Cl)(I)C(O)c1ccc(Cl)cc1Cl. The molecule has 1 aromatic rings. The van der Waals surface area contributed by atoms with Crippen molar-refractivity contribution in [3.8, 4) is 0 Å². The first-order valence-corrected chi connectivity index (χ1v) is 8.38. The highest BCUT2D eigenvalue weighted by Crippen LogP contribution is 2.44. The maximum Gasteiger partial charge on any atom is 0.225 e. The summed E-state index contributed by atoms with van der Waals surface area (Å²) >= 11 is 18.9. The molecule has 0 heterocycles. The number of alkyl halides is 2. The fourth-order valence-electron chi connectivity index (χ4n) is 1.11. The van der Waals surface area contributed by atoms with Gasteiger partial charge in [0, 0.05) is 21.9 Å². The molecule has 0 aliphatic carbocycles. The lowest BCUT2D eigenvalue weighted by molar-refractivity contribution is 0.188. The maximum atomic E-state index is 11.5. The standard InChI is InChI=1S/C9H8Cl3IO3S/c1-17(15,16)9(12,13)8(14)6-3-2-5(10)4-7(6)11/h2-4,8,14H,1H3. The molecule has 17 heavy (non-hydrogen) atoms. The minimum atomic E-state index is -3.67. The summed E-state index contributed by atoms with van der Waals surface area (Å²) in [6, 6.07) is 4.35. The molecular weight excluding hydrogens is 421 g/mol. The first-order chi connectivity index (χ1) is 7.57. The number of aliphatic hydroxyl groups excluding tert-OH is 1. The van der Waals surface area contributed by atoms with Crippen LogP contribution in [-0.4, -0.2) is 22.0 Å². The second-order valence-corrected chi connectivity index (χ2v) is 10.3. The van der Waals surface area contributed by atoms with Gasteiger partial charge in [-0.15, -0.1) is 0 Å². The average molecular weight is 429 g/mol. The molecule has 3 nitrogen and oxygen atoms in total. The molecule has 1 aromatic carbocycles. The van der Waals surface area contributed by atoms with Crippen LogP contribution in [0.15, 0.2) is 18.2 Å². The molecule has 0 aromatic heterocycles. The Morgan fingerprint density at radius 2 is 1.94 bits per heavy atom. The Balaban J connectivity index is 3.26. The van der Waals surface area contributed by atoms with E-state index in [1.165, 1.54) is 40.8 Å². The van der Waals surface area contributed by atoms with E-state index in [0.717, 1.165) is 6.26 Å². The van der Waals surface area contributed by atoms with E-state index in [-0.39, 0.29) is 10.6 Å². The van der Waals surface area contributed by atoms with Gasteiger partial charge in [0.25, 0.3) is 0 Å². The second kappa shape index (κ2) is 5.38. The summed E-state index contributed by atoms with van der Waals surface area (Å²) < 4.78 is 21.1. The number of hydrogen-bond acceptors (Lipinski definition) is 3. The molecule has 2 unspecified atom stereocenters. The molecule has 1 rings (SSSR count). The highest BCUT2D eigenvalue weighted by atomic mass is 127. The quantitative estimate of drug-likeness (QED) is 0.592. The lowest BCUT2D eigenvalue weighted by Crippen LogP contribution is -2.32. The first kappa shape index (κ1) is 15.8. The smallest absolute Gasteiger partial charge is 0.225 e. The fraction of sp³-hybridized carbons (Fsp3) is 0.333. The Hall–Kier alpha value is 0.730. The largest absolute Gasteiger partial charge is 0.385 e. The van der Waals surface area contributed by atoms with Crippen molar-refractivity contribution in [1.29, 1.82) is 0 Å². The Kier molecular flexibility index (Phi) is 5.00. The third-order valence-electron chi connectivity index (χ3n) is 2.07. The van der Waals surface area contributed by atoms with E-state index in [9.17, 15) is 13.5 Å². The van der Waals surface area contributed by atoms with Gasteiger partial charge in [-0.1, -0.05) is 40.9 Å². The number of rotatable bonds is 3. The second-order valence-electron chi connectivity index (χ2n) is 3.40. The van der Waals surface area contributed by atoms with Crippen molar-refractivity contribution >= 4 is 67.2 Å². The number of aliphatic hydroxyl groups is 1. The van der Waals surface area contributed by atoms with Crippen LogP contribution in [0.4, 0.5) is 0 Å². The van der Waals surface area contributed by atoms with Gasteiger partial charge in [-0.05, 0) is 34.7 Å². The van der Waals surface area contributed by atoms with Gasteiger partial charge >= 0.3 is 0 Å². The van der Waals surface area contributed by atoms with Gasteiger partial charge in [-0.2, -0.15) is 0 Å². The monoisotopic (exact) mass is 428 g/mol. The van der Waals surface area contributed by atoms with Gasteiger partial charge in [0.2, 0.25) is 2.21 Å². The van der Waals surface area contributed by atoms with Crippen LogP contribution >= 0.6 is 57.4 Å². The van der Waals surface area contributed by atoms with Crippen molar-refractivity contribution in [2.45, 2.75) is 8.32 Å². The van der Waals surface area contributed by atoms with Crippen molar-refractivity contribution in [3.63, 3.8) is 0 Å². The molecule has 0 aliphatic rings. The molecule has 0 spiro atoms. The van der Waals surface area contributed by atoms with E-state index < -0.39 is 18.2 Å². The van der Waals surface area contributed by atoms with Crippen LogP contribution in [0, 0.1) is 0 Å². The van der Waals surface area contributed by atoms with E-state index >= 15 is 0 Å². The Morgan fingerprint density at radius 1 is 1.41 bits per heavy atom. The van der Waals surface area contributed by atoms with Gasteiger partial charge in [0.15, 0.2) is 9.84 Å². The molecule has 0 bridgehead atoms. The summed E-state index contributed by atoms with van der Waals surface area (Å²) in [6.07, 6.45) is -0.510. The molecule has 0 radical (unpaired) electrons. The topological polar surface area (TPSA) is 54.4 Å². The molecule has 0 saturated heterocycles. The average Bonchev–Trinajstić information content (AvgIpc) is 2.14. The predicted molar refractivity (Wildman–Crippen MR) is 78.9 cm³/mol. The van der Waals surface area contributed by atoms with Crippen molar-refractivity contribution in [1.82, 2.24) is 0 Å². The summed E-state index contributed by atoms with van der Waals surface area (Å²) in [6.45, 7) is 0. The van der Waals surface area contributed by atoms with Crippen molar-refractivity contribution < 1.29 is 13.5 Å². The lowest BCUT2D eigenvalue weighted by atomic mass is 10.1. The Bertz CT molecular complexity index is 530. The zero-order valence-corrected chi connectivity index (χ0v) is 13.7. The third-order valence-corrected chi connectivity index (χ3v) is 7.88. The predicted octanol–water partition coefficient (Wildman–Crippen LogP) is 3.40. The van der Waals surface area contributed by atoms with Gasteiger partial charge in [0.1, 0.15) is 6.10 Å². The van der Waals surface area contributed by atoms with Crippen LogP contribution in [0.5, 0.6) is 0 Å². The highest BCUT2D eigenvalue weighted by molar-refractivity contribution is 14.1. The third kappa shape index (κ3) is 3.39. The lowest BCUT2D eigenvalue weighted by Gasteiger charge is -2.25. The normalized spacial score (nSPS) is 17.5. The van der Waals surface area contributed by atoms with Gasteiger partial charge in [0.05, 0.1) is 0 Å². The van der Waals surface area contributed by atoms with Crippen LogP contribution in [0.25, 0.3) is 0 Å². The Morgan fingerprint density at radius 3 is 2.35 bits per heavy atom. The molecule has 0 fully saturated rings. The maximum absolute atomic E-state index is 11.5. The summed E-state index contributed by atoms with van der Waals surface area (Å²) in [4.78, 5) is 0. The van der Waals surface area contributed by atoms with E-state index in [1.807, 2.05) is 0 Å². The fourth-order valence-corrected chi connectivity index (χ4v) is 2.60. The molecular formula is C9H8Cl3IO3S. The molecule has 0 amide bonds. The van der Waals surface area contributed by atoms with E-state index in [2.05, 4.69) is 0 Å². The molecule has 96 valence electrons. The van der Waals surface area contributed by atoms with Crippen molar-refractivity contribution in [2.75, 3.05) is 6.26 Å². The first-order valence-electron chi connectivity index (χ1n) is 4.28. The minimum absolute atomic E-state index is 0.162. The van der Waals surface area contributed by atoms with Crippen molar-refractivity contribution in [3.05, 3.63) is 33.8 Å². The van der Waals surface area contributed by atoms with Crippen molar-refractivity contribution in [2.24, 2.45) is 0 Å². The van der Waals surface area contributed by atoms with Crippen LogP contribution in [0.2, 0.25) is 10.0 Å². The molecule has 0 aliphatic heterocycles. The van der Waals surface area contributed by atoms with E-state index in [0.29, 0.717) is 5.02 Å². The summed E-state index contributed by atoms with van der Waals surface area (Å²) in [5.41, 5.74) is 0.214. The number of halogens is 4. The Labute approximate surface area is 128 Å².